The van der Waals surface area contributed by atoms with Crippen LogP contribution in [0.15, 0.2) is 146 Å². The Kier molecular flexibility index (Phi) is 10.2. The van der Waals surface area contributed by atoms with Crippen molar-refractivity contribution in [3.8, 4) is 0 Å². The summed E-state index contributed by atoms with van der Waals surface area (Å²) >= 11 is 0. The molecule has 4 heteroatoms. The van der Waals surface area contributed by atoms with Gasteiger partial charge < -0.3 is 9.80 Å². The van der Waals surface area contributed by atoms with Gasteiger partial charge in [-0.3, -0.25) is 0 Å². The summed E-state index contributed by atoms with van der Waals surface area (Å²) in [6.07, 6.45) is 0. The molecule has 0 bridgehead atoms. The van der Waals surface area contributed by atoms with Crippen LogP contribution < -0.4 is 20.2 Å². The molecular formula is C52H60N2Si2. The van der Waals surface area contributed by atoms with E-state index in [1.165, 1.54) is 54.4 Å². The van der Waals surface area contributed by atoms with Crippen LogP contribution in [0.4, 0.5) is 34.1 Å². The van der Waals surface area contributed by atoms with E-state index in [1.807, 2.05) is 0 Å². The Hall–Kier alpha value is -4.91. The number of nitrogens with zero attached hydrogens (tertiary/aromatic N) is 2. The molecule has 0 atom stereocenters. The Bertz CT molecular complexity index is 2120. The minimum atomic E-state index is -1.50. The van der Waals surface area contributed by atoms with Crippen molar-refractivity contribution in [3.05, 3.63) is 157 Å². The third kappa shape index (κ3) is 7.74. The summed E-state index contributed by atoms with van der Waals surface area (Å²) in [5, 5.41) is 7.77. The fraction of sp³-hybridized carbons (Fsp3) is 0.269. The smallest absolute Gasteiger partial charge is 0.0775 e. The summed E-state index contributed by atoms with van der Waals surface area (Å²) < 4.78 is 0. The first-order valence-corrected chi connectivity index (χ1v) is 27.3. The molecule has 0 amide bonds. The summed E-state index contributed by atoms with van der Waals surface area (Å²) in [4.78, 5) is 5.00. The molecule has 0 heterocycles. The van der Waals surface area contributed by atoms with Crippen LogP contribution in [0.5, 0.6) is 0 Å². The maximum absolute atomic E-state index is 2.50. The lowest BCUT2D eigenvalue weighted by Crippen LogP contribution is -2.37. The number of hydrogen-bond donors (Lipinski definition) is 0. The third-order valence-electron chi connectivity index (χ3n) is 11.3. The average molecular weight is 769 g/mol. The number of benzene rings is 7. The molecule has 0 fully saturated rings. The molecule has 0 aliphatic heterocycles. The van der Waals surface area contributed by atoms with Crippen LogP contribution in [0.1, 0.15) is 52.7 Å². The monoisotopic (exact) mass is 768 g/mol. The van der Waals surface area contributed by atoms with Gasteiger partial charge in [0.15, 0.2) is 0 Å². The lowest BCUT2D eigenvalue weighted by atomic mass is 9.87. The van der Waals surface area contributed by atoms with Gasteiger partial charge >= 0.3 is 0 Å². The van der Waals surface area contributed by atoms with E-state index in [2.05, 4.69) is 236 Å². The van der Waals surface area contributed by atoms with Crippen molar-refractivity contribution >= 4 is 82.2 Å². The summed E-state index contributed by atoms with van der Waals surface area (Å²) in [7, 11) is -3.00. The average Bonchev–Trinajstić information content (AvgIpc) is 3.15. The van der Waals surface area contributed by atoms with Gasteiger partial charge in [-0.2, -0.15) is 0 Å². The van der Waals surface area contributed by atoms with Gasteiger partial charge in [0.2, 0.25) is 0 Å². The van der Waals surface area contributed by atoms with E-state index in [4.69, 9.17) is 0 Å². The summed E-state index contributed by atoms with van der Waals surface area (Å²) in [5.41, 5.74) is 9.79. The zero-order valence-corrected chi connectivity index (χ0v) is 37.8. The highest BCUT2D eigenvalue weighted by Gasteiger charge is 2.27. The van der Waals surface area contributed by atoms with Crippen molar-refractivity contribution in [2.24, 2.45) is 0 Å². The zero-order valence-electron chi connectivity index (χ0n) is 35.8. The standard InChI is InChI=1S/C52H60N2Si2/c1-51(2,3)37-21-25-39(26-22-37)53(41-29-33-43(34-30-41)55(7,8)9)49-45-17-13-15-19-47(45)50(48-20-16-14-18-46(48)49)54(40-27-23-38(24-28-40)52(4,5)6)42-31-35-44(36-32-42)56(10,11)12/h13-36H,1-12H3. The van der Waals surface area contributed by atoms with Crippen molar-refractivity contribution in [3.63, 3.8) is 0 Å². The third-order valence-corrected chi connectivity index (χ3v) is 15.4. The fourth-order valence-electron chi connectivity index (χ4n) is 7.82. The molecule has 7 rings (SSSR count). The lowest BCUT2D eigenvalue weighted by Gasteiger charge is -2.33. The van der Waals surface area contributed by atoms with E-state index in [9.17, 15) is 0 Å². The predicted molar refractivity (Wildman–Crippen MR) is 254 cm³/mol. The Morgan fingerprint density at radius 1 is 0.321 bits per heavy atom. The normalized spacial score (nSPS) is 12.6. The first-order chi connectivity index (χ1) is 26.3. The number of hydrogen-bond acceptors (Lipinski definition) is 2. The van der Waals surface area contributed by atoms with Crippen LogP contribution in [0.25, 0.3) is 21.5 Å². The zero-order chi connectivity index (χ0) is 40.2. The highest BCUT2D eigenvalue weighted by atomic mass is 28.3. The van der Waals surface area contributed by atoms with E-state index in [1.54, 1.807) is 0 Å². The molecule has 0 N–H and O–H groups in total. The maximum Gasteiger partial charge on any atom is 0.0775 e. The first-order valence-electron chi connectivity index (χ1n) is 20.3. The van der Waals surface area contributed by atoms with E-state index in [0.29, 0.717) is 0 Å². The van der Waals surface area contributed by atoms with Gasteiger partial charge in [0, 0.05) is 44.3 Å². The molecule has 0 radical (unpaired) electrons. The second-order valence-corrected chi connectivity index (χ2v) is 29.8. The Labute approximate surface area is 338 Å². The molecule has 7 aromatic carbocycles. The van der Waals surface area contributed by atoms with Crippen LogP contribution in [-0.4, -0.2) is 16.1 Å². The molecule has 0 aliphatic rings. The SMILES string of the molecule is CC(C)(C)c1ccc(N(c2ccc([Si](C)(C)C)cc2)c2c3ccccc3c(N(c3ccc(C(C)(C)C)cc3)c3ccc([Si](C)(C)C)cc3)c3ccccc23)cc1. The molecule has 0 aromatic heterocycles. The predicted octanol–water partition coefficient (Wildman–Crippen LogP) is 14.6. The highest BCUT2D eigenvalue weighted by Crippen LogP contribution is 2.51. The van der Waals surface area contributed by atoms with Crippen LogP contribution >= 0.6 is 0 Å². The van der Waals surface area contributed by atoms with Gasteiger partial charge in [-0.25, -0.2) is 0 Å². The second kappa shape index (κ2) is 14.5. The molecule has 0 aliphatic carbocycles. The molecule has 0 unspecified atom stereocenters. The van der Waals surface area contributed by atoms with Crippen molar-refractivity contribution in [2.75, 3.05) is 9.80 Å². The number of fused-ring (bicyclic) bond motifs is 2. The second-order valence-electron chi connectivity index (χ2n) is 19.6. The van der Waals surface area contributed by atoms with E-state index < -0.39 is 16.1 Å². The fourth-order valence-corrected chi connectivity index (χ4v) is 10.2. The van der Waals surface area contributed by atoms with Crippen LogP contribution in [0.2, 0.25) is 39.3 Å². The van der Waals surface area contributed by atoms with Gasteiger partial charge in [0.1, 0.15) is 0 Å². The maximum atomic E-state index is 2.50. The summed E-state index contributed by atoms with van der Waals surface area (Å²) in [6, 6.07) is 55.4. The molecule has 286 valence electrons. The first kappa shape index (κ1) is 39.3. The Morgan fingerprint density at radius 2 is 0.554 bits per heavy atom. The van der Waals surface area contributed by atoms with Gasteiger partial charge in [0.25, 0.3) is 0 Å². The Balaban J connectivity index is 1.55. The van der Waals surface area contributed by atoms with Crippen molar-refractivity contribution < 1.29 is 0 Å². The van der Waals surface area contributed by atoms with Gasteiger partial charge in [-0.1, -0.05) is 188 Å². The molecule has 0 saturated carbocycles. The Morgan fingerprint density at radius 3 is 0.768 bits per heavy atom. The van der Waals surface area contributed by atoms with Crippen molar-refractivity contribution in [1.29, 1.82) is 0 Å². The van der Waals surface area contributed by atoms with E-state index >= 15 is 0 Å². The quantitative estimate of drug-likeness (QED) is 0.0863. The van der Waals surface area contributed by atoms with E-state index in [-0.39, 0.29) is 10.8 Å². The summed E-state index contributed by atoms with van der Waals surface area (Å²) in [5.74, 6) is 0. The van der Waals surface area contributed by atoms with Crippen LogP contribution in [0.3, 0.4) is 0 Å². The highest BCUT2D eigenvalue weighted by molar-refractivity contribution is 6.89. The minimum absolute atomic E-state index is 0.0607. The molecular weight excluding hydrogens is 709 g/mol. The summed E-state index contributed by atoms with van der Waals surface area (Å²) in [6.45, 7) is 28.3. The number of anilines is 6. The molecule has 0 saturated heterocycles. The molecule has 7 aromatic rings. The van der Waals surface area contributed by atoms with Crippen LogP contribution in [-0.2, 0) is 10.8 Å². The van der Waals surface area contributed by atoms with Gasteiger partial charge in [-0.05, 0) is 70.5 Å². The van der Waals surface area contributed by atoms with Crippen molar-refractivity contribution in [1.82, 2.24) is 0 Å². The van der Waals surface area contributed by atoms with Gasteiger partial charge in [-0.15, -0.1) is 0 Å². The topological polar surface area (TPSA) is 6.48 Å². The lowest BCUT2D eigenvalue weighted by molar-refractivity contribution is 0.590. The van der Waals surface area contributed by atoms with Crippen molar-refractivity contribution in [2.45, 2.75) is 91.7 Å². The number of rotatable bonds is 8. The molecule has 2 nitrogen and oxygen atoms in total. The minimum Gasteiger partial charge on any atom is -0.309 e. The van der Waals surface area contributed by atoms with E-state index in [0.717, 1.165) is 22.7 Å². The largest absolute Gasteiger partial charge is 0.309 e. The van der Waals surface area contributed by atoms with Gasteiger partial charge in [0.05, 0.1) is 27.5 Å². The molecule has 0 spiro atoms. The molecule has 56 heavy (non-hydrogen) atoms. The van der Waals surface area contributed by atoms with Crippen LogP contribution in [0, 0.1) is 0 Å².